The Balaban J connectivity index is 2.47. The van der Waals surface area contributed by atoms with Crippen LogP contribution in [0.15, 0.2) is 24.3 Å². The number of hydrogen-bond donors (Lipinski definition) is 0. The first kappa shape index (κ1) is 13.5. The minimum Gasteiger partial charge on any atom is -0.379 e. The van der Waals surface area contributed by atoms with E-state index < -0.39 is 11.8 Å². The average molecular weight is 350 g/mol. The third-order valence-corrected chi connectivity index (χ3v) is 4.22. The Hall–Kier alpha value is -0.910. The van der Waals surface area contributed by atoms with Gasteiger partial charge >= 0.3 is 5.97 Å². The Labute approximate surface area is 121 Å². The monoisotopic (exact) mass is 348 g/mol. The van der Waals surface area contributed by atoms with Crippen LogP contribution in [0.4, 0.5) is 4.39 Å². The zero-order chi connectivity index (χ0) is 13.3. The summed E-state index contributed by atoms with van der Waals surface area (Å²) in [5.41, 5.74) is 1.69. The third-order valence-electron chi connectivity index (χ3n) is 2.37. The van der Waals surface area contributed by atoms with Gasteiger partial charge < -0.3 is 3.83 Å². The summed E-state index contributed by atoms with van der Waals surface area (Å²) in [6, 6.07) is 6.20. The van der Waals surface area contributed by atoms with Gasteiger partial charge in [0.25, 0.3) is 0 Å². The average Bonchev–Trinajstić information content (AvgIpc) is 2.74. The highest BCUT2D eigenvalue weighted by Crippen LogP contribution is 2.34. The zero-order valence-corrected chi connectivity index (χ0v) is 12.3. The molecule has 0 aliphatic carbocycles. The SMILES string of the molecule is Cc1cc(C(=O)OBr)sc1-c1ccc(F)c(Cl)c1. The van der Waals surface area contributed by atoms with Gasteiger partial charge in [-0.2, -0.15) is 0 Å². The van der Waals surface area contributed by atoms with E-state index in [1.54, 1.807) is 18.2 Å². The van der Waals surface area contributed by atoms with Gasteiger partial charge in [-0.3, -0.25) is 0 Å². The Kier molecular flexibility index (Phi) is 4.04. The number of carbonyl (C=O) groups excluding carboxylic acids is 1. The van der Waals surface area contributed by atoms with Crippen LogP contribution in [-0.2, 0) is 3.83 Å². The summed E-state index contributed by atoms with van der Waals surface area (Å²) in [4.78, 5) is 12.7. The predicted octanol–water partition coefficient (Wildman–Crippen LogP) is 4.98. The van der Waals surface area contributed by atoms with Crippen LogP contribution in [0, 0.1) is 12.7 Å². The first-order valence-corrected chi connectivity index (χ1v) is 6.76. The molecule has 1 aromatic heterocycles. The van der Waals surface area contributed by atoms with E-state index in [4.69, 9.17) is 11.6 Å². The normalized spacial score (nSPS) is 10.4. The summed E-state index contributed by atoms with van der Waals surface area (Å²) in [6.07, 6.45) is 0. The number of thiophene rings is 1. The van der Waals surface area contributed by atoms with E-state index in [-0.39, 0.29) is 5.02 Å². The highest BCUT2D eigenvalue weighted by atomic mass is 79.9. The number of aryl methyl sites for hydroxylation is 1. The van der Waals surface area contributed by atoms with Gasteiger partial charge in [0.15, 0.2) is 16.3 Å². The number of halogens is 3. The van der Waals surface area contributed by atoms with E-state index >= 15 is 0 Å². The molecule has 0 N–H and O–H groups in total. The fourth-order valence-electron chi connectivity index (χ4n) is 1.54. The van der Waals surface area contributed by atoms with E-state index in [1.807, 2.05) is 6.92 Å². The molecule has 6 heteroatoms. The summed E-state index contributed by atoms with van der Waals surface area (Å²) in [6.45, 7) is 1.87. The summed E-state index contributed by atoms with van der Waals surface area (Å²) in [5.74, 6) is -0.919. The fraction of sp³-hybridized carbons (Fsp3) is 0.0833. The van der Waals surface area contributed by atoms with Crippen LogP contribution in [0.3, 0.4) is 0 Å². The summed E-state index contributed by atoms with van der Waals surface area (Å²) < 4.78 is 17.6. The molecular formula is C12H7BrClFO2S. The Morgan fingerprint density at radius 3 is 2.78 bits per heavy atom. The van der Waals surface area contributed by atoms with Crippen LogP contribution in [-0.4, -0.2) is 5.97 Å². The van der Waals surface area contributed by atoms with Crippen molar-refractivity contribution in [1.82, 2.24) is 0 Å². The highest BCUT2D eigenvalue weighted by Gasteiger charge is 2.15. The number of benzene rings is 1. The highest BCUT2D eigenvalue weighted by molar-refractivity contribution is 9.06. The van der Waals surface area contributed by atoms with Crippen molar-refractivity contribution in [2.24, 2.45) is 0 Å². The molecule has 0 unspecified atom stereocenters. The maximum absolute atomic E-state index is 13.1. The van der Waals surface area contributed by atoms with Crippen molar-refractivity contribution in [1.29, 1.82) is 0 Å². The molecule has 1 heterocycles. The van der Waals surface area contributed by atoms with Crippen molar-refractivity contribution in [3.05, 3.63) is 45.5 Å². The molecule has 0 radical (unpaired) electrons. The van der Waals surface area contributed by atoms with E-state index in [9.17, 15) is 9.18 Å². The van der Waals surface area contributed by atoms with E-state index in [0.717, 1.165) is 16.0 Å². The topological polar surface area (TPSA) is 26.3 Å². The maximum atomic E-state index is 13.1. The van der Waals surface area contributed by atoms with Crippen molar-refractivity contribution < 1.29 is 13.0 Å². The van der Waals surface area contributed by atoms with Crippen molar-refractivity contribution in [3.63, 3.8) is 0 Å². The van der Waals surface area contributed by atoms with Gasteiger partial charge in [-0.05, 0) is 36.2 Å². The molecule has 0 aliphatic heterocycles. The van der Waals surface area contributed by atoms with Crippen molar-refractivity contribution in [2.75, 3.05) is 0 Å². The molecule has 94 valence electrons. The second-order valence-electron chi connectivity index (χ2n) is 3.62. The molecule has 2 rings (SSSR count). The maximum Gasteiger partial charge on any atom is 0.359 e. The van der Waals surface area contributed by atoms with Crippen LogP contribution in [0.2, 0.25) is 5.02 Å². The third kappa shape index (κ3) is 2.58. The van der Waals surface area contributed by atoms with Crippen LogP contribution >= 0.6 is 39.2 Å². The van der Waals surface area contributed by atoms with Crippen molar-refractivity contribution in [2.45, 2.75) is 6.92 Å². The lowest BCUT2D eigenvalue weighted by atomic mass is 10.1. The van der Waals surface area contributed by atoms with E-state index in [1.165, 1.54) is 17.4 Å². The van der Waals surface area contributed by atoms with E-state index in [2.05, 4.69) is 20.1 Å². The molecule has 0 saturated heterocycles. The lowest BCUT2D eigenvalue weighted by Crippen LogP contribution is -1.92. The zero-order valence-electron chi connectivity index (χ0n) is 9.17. The van der Waals surface area contributed by atoms with Crippen molar-refractivity contribution in [3.8, 4) is 10.4 Å². The molecule has 0 aliphatic rings. The molecular weight excluding hydrogens is 343 g/mol. The molecule has 0 fully saturated rings. The molecule has 0 atom stereocenters. The van der Waals surface area contributed by atoms with Crippen LogP contribution in [0.1, 0.15) is 15.2 Å². The van der Waals surface area contributed by atoms with Crippen LogP contribution in [0.25, 0.3) is 10.4 Å². The Morgan fingerprint density at radius 2 is 2.17 bits per heavy atom. The quantitative estimate of drug-likeness (QED) is 0.764. The van der Waals surface area contributed by atoms with Crippen LogP contribution in [0.5, 0.6) is 0 Å². The van der Waals surface area contributed by atoms with Gasteiger partial charge in [0.2, 0.25) is 0 Å². The number of hydrogen-bond acceptors (Lipinski definition) is 3. The second-order valence-corrected chi connectivity index (χ2v) is 5.40. The largest absolute Gasteiger partial charge is 0.379 e. The first-order chi connectivity index (χ1) is 8.52. The summed E-state index contributed by atoms with van der Waals surface area (Å²) in [5, 5.41) is 0.0601. The molecule has 2 aromatic rings. The smallest absolute Gasteiger partial charge is 0.359 e. The molecule has 0 saturated carbocycles. The lowest BCUT2D eigenvalue weighted by Gasteiger charge is -2.01. The molecule has 0 amide bonds. The molecule has 2 nitrogen and oxygen atoms in total. The number of carbonyl (C=O) groups is 1. The lowest BCUT2D eigenvalue weighted by molar-refractivity contribution is 0.0786. The van der Waals surface area contributed by atoms with Gasteiger partial charge in [-0.25, -0.2) is 9.18 Å². The van der Waals surface area contributed by atoms with Crippen molar-refractivity contribution >= 4 is 45.2 Å². The molecule has 1 aromatic carbocycles. The Bertz CT molecular complexity index is 612. The first-order valence-electron chi connectivity index (χ1n) is 4.91. The second kappa shape index (κ2) is 5.38. The fourth-order valence-corrected chi connectivity index (χ4v) is 3.05. The van der Waals surface area contributed by atoms with E-state index in [0.29, 0.717) is 4.88 Å². The van der Waals surface area contributed by atoms with Gasteiger partial charge in [-0.15, -0.1) is 11.3 Å². The number of rotatable bonds is 2. The predicted molar refractivity (Wildman–Crippen MR) is 73.8 cm³/mol. The van der Waals surface area contributed by atoms with Gasteiger partial charge in [-0.1, -0.05) is 17.7 Å². The molecule has 0 bridgehead atoms. The van der Waals surface area contributed by atoms with Gasteiger partial charge in [0.1, 0.15) is 10.7 Å². The Morgan fingerprint density at radius 1 is 1.44 bits per heavy atom. The van der Waals surface area contributed by atoms with Gasteiger partial charge in [0, 0.05) is 4.88 Å². The molecule has 0 spiro atoms. The summed E-state index contributed by atoms with van der Waals surface area (Å²) >= 11 is 9.67. The molecule has 18 heavy (non-hydrogen) atoms. The minimum absolute atomic E-state index is 0.0601. The standard InChI is InChI=1S/C12H7BrClFO2S/c1-6-4-10(12(16)17-13)18-11(6)7-2-3-9(15)8(14)5-7/h2-5H,1H3. The minimum atomic E-state index is -0.463. The van der Waals surface area contributed by atoms with Crippen LogP contribution < -0.4 is 0 Å². The van der Waals surface area contributed by atoms with Gasteiger partial charge in [0.05, 0.1) is 5.02 Å². The summed E-state index contributed by atoms with van der Waals surface area (Å²) in [7, 11) is 0.